The van der Waals surface area contributed by atoms with Crippen LogP contribution in [-0.2, 0) is 28.5 Å². The molecule has 3 rings (SSSR count). The van der Waals surface area contributed by atoms with Crippen molar-refractivity contribution in [1.82, 2.24) is 23.1 Å². The van der Waals surface area contributed by atoms with Gasteiger partial charge in [0, 0.05) is 59.1 Å². The van der Waals surface area contributed by atoms with E-state index in [4.69, 9.17) is 4.74 Å². The molecule has 130 valence electrons. The maximum Gasteiger partial charge on any atom is 0.282 e. The minimum Gasteiger partial charge on any atom is -0.379 e. The Bertz CT molecular complexity index is 631. The van der Waals surface area contributed by atoms with E-state index in [1.807, 2.05) is 20.2 Å². The maximum atomic E-state index is 12.6. The summed E-state index contributed by atoms with van der Waals surface area (Å²) in [5.41, 5.74) is 1.16. The number of imidazole rings is 1. The number of hydrogen-bond acceptors (Lipinski definition) is 5. The zero-order valence-electron chi connectivity index (χ0n) is 13.8. The first-order valence-electron chi connectivity index (χ1n) is 8.01. The summed E-state index contributed by atoms with van der Waals surface area (Å²) >= 11 is 0. The van der Waals surface area contributed by atoms with Crippen molar-refractivity contribution >= 4 is 10.2 Å². The van der Waals surface area contributed by atoms with Gasteiger partial charge in [0.25, 0.3) is 10.2 Å². The zero-order chi connectivity index (χ0) is 16.4. The summed E-state index contributed by atoms with van der Waals surface area (Å²) in [6, 6.07) is 0. The van der Waals surface area contributed by atoms with E-state index in [0.717, 1.165) is 31.2 Å². The fraction of sp³-hybridized carbons (Fsp3) is 0.786. The van der Waals surface area contributed by atoms with Gasteiger partial charge in [-0.15, -0.1) is 0 Å². The van der Waals surface area contributed by atoms with E-state index in [0.29, 0.717) is 39.4 Å². The van der Waals surface area contributed by atoms with Gasteiger partial charge in [0.15, 0.2) is 0 Å². The molecule has 1 aromatic heterocycles. The van der Waals surface area contributed by atoms with Crippen LogP contribution in [0.4, 0.5) is 0 Å². The third-order valence-corrected chi connectivity index (χ3v) is 6.69. The average molecular weight is 343 g/mol. The van der Waals surface area contributed by atoms with Crippen LogP contribution < -0.4 is 0 Å². The molecule has 9 heteroatoms. The lowest BCUT2D eigenvalue weighted by molar-refractivity contribution is 0.0683. The molecule has 0 saturated carbocycles. The van der Waals surface area contributed by atoms with Crippen LogP contribution in [0.1, 0.15) is 11.5 Å². The molecule has 0 aliphatic carbocycles. The van der Waals surface area contributed by atoms with Gasteiger partial charge in [-0.2, -0.15) is 17.0 Å². The Morgan fingerprint density at radius 3 is 2.26 bits per heavy atom. The molecule has 0 amide bonds. The number of nitrogens with zero attached hydrogens (tertiary/aromatic N) is 5. The Morgan fingerprint density at radius 1 is 1.09 bits per heavy atom. The van der Waals surface area contributed by atoms with Gasteiger partial charge in [-0.25, -0.2) is 4.98 Å². The van der Waals surface area contributed by atoms with Gasteiger partial charge in [-0.1, -0.05) is 0 Å². The number of aryl methyl sites for hydroxylation is 1. The highest BCUT2D eigenvalue weighted by Crippen LogP contribution is 2.15. The summed E-state index contributed by atoms with van der Waals surface area (Å²) in [4.78, 5) is 6.59. The quantitative estimate of drug-likeness (QED) is 0.732. The van der Waals surface area contributed by atoms with Crippen LogP contribution in [0.3, 0.4) is 0 Å². The molecule has 0 unspecified atom stereocenters. The second kappa shape index (κ2) is 6.86. The molecule has 2 aliphatic rings. The van der Waals surface area contributed by atoms with E-state index in [1.54, 1.807) is 4.31 Å². The maximum absolute atomic E-state index is 12.6. The summed E-state index contributed by atoms with van der Waals surface area (Å²) < 4.78 is 35.7. The SMILES string of the molecule is Cc1ncc(CN2CCN(S(=O)(=O)N3CCOCC3)CC2)n1C. The average Bonchev–Trinajstić information content (AvgIpc) is 2.88. The fourth-order valence-corrected chi connectivity index (χ4v) is 4.55. The Labute approximate surface area is 137 Å². The Kier molecular flexibility index (Phi) is 5.02. The number of piperazine rings is 1. The van der Waals surface area contributed by atoms with Gasteiger partial charge in [-0.3, -0.25) is 4.90 Å². The Hall–Kier alpha value is -1.00. The van der Waals surface area contributed by atoms with E-state index in [9.17, 15) is 8.42 Å². The molecule has 2 fully saturated rings. The van der Waals surface area contributed by atoms with E-state index in [1.165, 1.54) is 4.31 Å². The second-order valence-corrected chi connectivity index (χ2v) is 7.98. The van der Waals surface area contributed by atoms with Gasteiger partial charge in [0.2, 0.25) is 0 Å². The summed E-state index contributed by atoms with van der Waals surface area (Å²) in [6.45, 7) is 7.24. The molecule has 0 radical (unpaired) electrons. The van der Waals surface area contributed by atoms with E-state index in [-0.39, 0.29) is 0 Å². The van der Waals surface area contributed by atoms with Gasteiger partial charge in [-0.05, 0) is 6.92 Å². The highest BCUT2D eigenvalue weighted by Gasteiger charge is 2.33. The summed E-state index contributed by atoms with van der Waals surface area (Å²) in [5, 5.41) is 0. The highest BCUT2D eigenvalue weighted by atomic mass is 32.2. The lowest BCUT2D eigenvalue weighted by Crippen LogP contribution is -2.54. The molecule has 1 aromatic rings. The second-order valence-electron chi connectivity index (χ2n) is 6.05. The van der Waals surface area contributed by atoms with Crippen LogP contribution >= 0.6 is 0 Å². The van der Waals surface area contributed by atoms with Crippen LogP contribution in [0.15, 0.2) is 6.20 Å². The molecular formula is C14H25N5O3S. The molecule has 2 saturated heterocycles. The van der Waals surface area contributed by atoms with Crippen molar-refractivity contribution in [2.24, 2.45) is 7.05 Å². The molecular weight excluding hydrogens is 318 g/mol. The van der Waals surface area contributed by atoms with Crippen molar-refractivity contribution in [3.05, 3.63) is 17.7 Å². The lowest BCUT2D eigenvalue weighted by atomic mass is 10.3. The first-order valence-corrected chi connectivity index (χ1v) is 9.40. The predicted octanol–water partition coefficient (Wildman–Crippen LogP) is -0.577. The van der Waals surface area contributed by atoms with Gasteiger partial charge in [0.05, 0.1) is 18.9 Å². The first-order chi connectivity index (χ1) is 11.0. The van der Waals surface area contributed by atoms with Crippen LogP contribution in [0.25, 0.3) is 0 Å². The molecule has 3 heterocycles. The van der Waals surface area contributed by atoms with Gasteiger partial charge < -0.3 is 9.30 Å². The smallest absolute Gasteiger partial charge is 0.282 e. The number of morpholine rings is 1. The summed E-state index contributed by atoms with van der Waals surface area (Å²) in [7, 11) is -1.33. The van der Waals surface area contributed by atoms with Gasteiger partial charge >= 0.3 is 0 Å². The fourth-order valence-electron chi connectivity index (χ4n) is 2.98. The summed E-state index contributed by atoms with van der Waals surface area (Å²) in [6.07, 6.45) is 1.90. The van der Waals surface area contributed by atoms with Crippen molar-refractivity contribution < 1.29 is 13.2 Å². The van der Waals surface area contributed by atoms with Crippen LogP contribution in [0.2, 0.25) is 0 Å². The highest BCUT2D eigenvalue weighted by molar-refractivity contribution is 7.86. The number of ether oxygens (including phenoxy) is 1. The minimum absolute atomic E-state index is 0.455. The molecule has 0 aromatic carbocycles. The first kappa shape index (κ1) is 16.8. The molecule has 0 atom stereocenters. The third kappa shape index (κ3) is 3.58. The van der Waals surface area contributed by atoms with E-state index in [2.05, 4.69) is 14.5 Å². The van der Waals surface area contributed by atoms with Crippen LogP contribution in [0, 0.1) is 6.92 Å². The van der Waals surface area contributed by atoms with Gasteiger partial charge in [0.1, 0.15) is 5.82 Å². The number of hydrogen-bond donors (Lipinski definition) is 0. The van der Waals surface area contributed by atoms with E-state index >= 15 is 0 Å². The van der Waals surface area contributed by atoms with Crippen LogP contribution in [0.5, 0.6) is 0 Å². The predicted molar refractivity (Wildman–Crippen MR) is 86.1 cm³/mol. The van der Waals surface area contributed by atoms with Crippen molar-refractivity contribution in [2.45, 2.75) is 13.5 Å². The normalized spacial score (nSPS) is 22.5. The molecule has 0 N–H and O–H groups in total. The largest absolute Gasteiger partial charge is 0.379 e. The Morgan fingerprint density at radius 2 is 1.70 bits per heavy atom. The van der Waals surface area contributed by atoms with E-state index < -0.39 is 10.2 Å². The molecule has 23 heavy (non-hydrogen) atoms. The molecule has 0 spiro atoms. The standard InChI is InChI=1S/C14H25N5O3S/c1-13-15-11-14(16(13)2)12-17-3-5-18(6-4-17)23(20,21)19-7-9-22-10-8-19/h11H,3-10,12H2,1-2H3. The minimum atomic E-state index is -3.34. The lowest BCUT2D eigenvalue weighted by Gasteiger charge is -2.37. The van der Waals surface area contributed by atoms with Crippen molar-refractivity contribution in [1.29, 1.82) is 0 Å². The van der Waals surface area contributed by atoms with Crippen molar-refractivity contribution in [3.8, 4) is 0 Å². The Balaban J connectivity index is 1.56. The number of aromatic nitrogens is 2. The third-order valence-electron chi connectivity index (χ3n) is 4.66. The molecule has 0 bridgehead atoms. The molecule has 2 aliphatic heterocycles. The zero-order valence-corrected chi connectivity index (χ0v) is 14.6. The van der Waals surface area contributed by atoms with Crippen molar-refractivity contribution in [3.63, 3.8) is 0 Å². The topological polar surface area (TPSA) is 70.9 Å². The summed E-state index contributed by atoms with van der Waals surface area (Å²) in [5.74, 6) is 0.994. The van der Waals surface area contributed by atoms with Crippen molar-refractivity contribution in [2.75, 3.05) is 52.5 Å². The molecule has 8 nitrogen and oxygen atoms in total. The number of rotatable bonds is 4. The van der Waals surface area contributed by atoms with Crippen LogP contribution in [-0.4, -0.2) is 84.0 Å². The monoisotopic (exact) mass is 343 g/mol.